The maximum atomic E-state index is 10.7. The summed E-state index contributed by atoms with van der Waals surface area (Å²) >= 11 is 0. The Morgan fingerprint density at radius 3 is 1.44 bits per heavy atom. The number of carbonyl (C=O) groups excluding carboxylic acids is 2. The topological polar surface area (TPSA) is 52.6 Å². The lowest BCUT2D eigenvalue weighted by Gasteiger charge is -2.06. The molecule has 0 aromatic heterocycles. The molecule has 4 nitrogen and oxygen atoms in total. The van der Waals surface area contributed by atoms with E-state index in [2.05, 4.69) is 0 Å². The van der Waals surface area contributed by atoms with E-state index in [0.717, 1.165) is 0 Å². The molecule has 1 aromatic rings. The van der Waals surface area contributed by atoms with Gasteiger partial charge in [0.25, 0.3) is 0 Å². The highest BCUT2D eigenvalue weighted by Crippen LogP contribution is 2.17. The summed E-state index contributed by atoms with van der Waals surface area (Å²) in [4.78, 5) is 21.3. The first-order valence-corrected chi connectivity index (χ1v) is 4.92. The Balaban J connectivity index is 2.47. The summed E-state index contributed by atoms with van der Waals surface area (Å²) < 4.78 is 10.4. The van der Waals surface area contributed by atoms with Crippen LogP contribution in [0.4, 0.5) is 0 Å². The van der Waals surface area contributed by atoms with Gasteiger partial charge in [0.05, 0.1) is 0 Å². The average molecular weight is 222 g/mol. The van der Waals surface area contributed by atoms with E-state index in [9.17, 15) is 9.59 Å². The van der Waals surface area contributed by atoms with Gasteiger partial charge in [-0.15, -0.1) is 0 Å². The molecule has 0 heterocycles. The Morgan fingerprint density at radius 2 is 1.19 bits per heavy atom. The molecule has 0 atom stereocenters. The molecule has 4 heteroatoms. The molecule has 1 aromatic carbocycles. The molecule has 0 saturated carbocycles. The van der Waals surface area contributed by atoms with Crippen molar-refractivity contribution in [2.45, 2.75) is 13.8 Å². The lowest BCUT2D eigenvalue weighted by Crippen LogP contribution is -2.07. The zero-order chi connectivity index (χ0) is 12.0. The molecule has 0 N–H and O–H groups in total. The van der Waals surface area contributed by atoms with Crippen LogP contribution in [0.1, 0.15) is 13.8 Å². The summed E-state index contributed by atoms with van der Waals surface area (Å²) in [5.74, 6) is 1.14. The first-order valence-electron chi connectivity index (χ1n) is 4.92. The third-order valence-electron chi connectivity index (χ3n) is 1.71. The summed E-state index contributed by atoms with van der Waals surface area (Å²) in [5, 5.41) is 0. The van der Waals surface area contributed by atoms with E-state index in [0.29, 0.717) is 11.5 Å². The monoisotopic (exact) mass is 222 g/mol. The van der Waals surface area contributed by atoms with Gasteiger partial charge in [0.2, 0.25) is 0 Å². The third kappa shape index (κ3) is 4.59. The van der Waals surface area contributed by atoms with Crippen LogP contribution in [-0.4, -0.2) is 24.8 Å². The number of ether oxygens (including phenoxy) is 2. The van der Waals surface area contributed by atoms with Crippen LogP contribution in [0.5, 0.6) is 11.5 Å². The molecule has 86 valence electrons. The van der Waals surface area contributed by atoms with Gasteiger partial charge in [-0.05, 0) is 38.1 Å². The van der Waals surface area contributed by atoms with Gasteiger partial charge in [0.1, 0.15) is 24.7 Å². The second kappa shape index (κ2) is 5.90. The van der Waals surface area contributed by atoms with E-state index in [1.54, 1.807) is 24.3 Å². The normalized spacial score (nSPS) is 9.62. The Hall–Kier alpha value is -1.84. The summed E-state index contributed by atoms with van der Waals surface area (Å²) in [7, 11) is 0. The maximum Gasteiger partial charge on any atom is 0.167 e. The highest BCUT2D eigenvalue weighted by Gasteiger charge is 1.99. The minimum Gasteiger partial charge on any atom is -0.486 e. The van der Waals surface area contributed by atoms with Gasteiger partial charge < -0.3 is 9.47 Å². The van der Waals surface area contributed by atoms with Crippen molar-refractivity contribution in [2.75, 3.05) is 13.2 Å². The molecule has 0 unspecified atom stereocenters. The average Bonchev–Trinajstić information content (AvgIpc) is 2.25. The third-order valence-corrected chi connectivity index (χ3v) is 1.71. The Kier molecular flexibility index (Phi) is 4.51. The molecule has 0 spiro atoms. The van der Waals surface area contributed by atoms with Gasteiger partial charge in [-0.1, -0.05) is 0 Å². The van der Waals surface area contributed by atoms with Crippen molar-refractivity contribution in [1.29, 1.82) is 0 Å². The van der Waals surface area contributed by atoms with E-state index >= 15 is 0 Å². The Bertz CT molecular complexity index is 330. The quantitative estimate of drug-likeness (QED) is 0.734. The first kappa shape index (κ1) is 12.2. The molecule has 0 radical (unpaired) electrons. The fraction of sp³-hybridized carbons (Fsp3) is 0.333. The Labute approximate surface area is 94.2 Å². The molecule has 16 heavy (non-hydrogen) atoms. The smallest absolute Gasteiger partial charge is 0.167 e. The molecule has 0 bridgehead atoms. The van der Waals surface area contributed by atoms with Gasteiger partial charge >= 0.3 is 0 Å². The van der Waals surface area contributed by atoms with Crippen LogP contribution < -0.4 is 9.47 Å². The van der Waals surface area contributed by atoms with Crippen LogP contribution in [0.15, 0.2) is 24.3 Å². The molecule has 0 saturated heterocycles. The second-order valence-corrected chi connectivity index (χ2v) is 3.45. The van der Waals surface area contributed by atoms with E-state index in [1.165, 1.54) is 13.8 Å². The molecule has 0 fully saturated rings. The minimum absolute atomic E-state index is 0.0306. The lowest BCUT2D eigenvalue weighted by atomic mass is 10.3. The van der Waals surface area contributed by atoms with Gasteiger partial charge in [-0.2, -0.15) is 0 Å². The van der Waals surface area contributed by atoms with E-state index < -0.39 is 0 Å². The van der Waals surface area contributed by atoms with Crippen LogP contribution in [0, 0.1) is 0 Å². The molecule has 1 rings (SSSR count). The van der Waals surface area contributed by atoms with E-state index in [-0.39, 0.29) is 24.8 Å². The van der Waals surface area contributed by atoms with Crippen LogP contribution in [0.25, 0.3) is 0 Å². The fourth-order valence-electron chi connectivity index (χ4n) is 1.00. The van der Waals surface area contributed by atoms with Crippen molar-refractivity contribution in [3.63, 3.8) is 0 Å². The summed E-state index contributed by atoms with van der Waals surface area (Å²) in [6, 6.07) is 6.77. The maximum absolute atomic E-state index is 10.7. The Morgan fingerprint density at radius 1 is 0.875 bits per heavy atom. The number of ketones is 2. The molecular weight excluding hydrogens is 208 g/mol. The van der Waals surface area contributed by atoms with Crippen molar-refractivity contribution < 1.29 is 19.1 Å². The number of benzene rings is 1. The number of rotatable bonds is 6. The van der Waals surface area contributed by atoms with Crippen LogP contribution in [0.2, 0.25) is 0 Å². The summed E-state index contributed by atoms with van der Waals surface area (Å²) in [5.41, 5.74) is 0. The van der Waals surface area contributed by atoms with Crippen LogP contribution >= 0.6 is 0 Å². The van der Waals surface area contributed by atoms with Crippen molar-refractivity contribution in [2.24, 2.45) is 0 Å². The van der Waals surface area contributed by atoms with Gasteiger partial charge in [0, 0.05) is 0 Å². The zero-order valence-electron chi connectivity index (χ0n) is 9.36. The molecule has 0 aliphatic carbocycles. The molecule has 0 aliphatic heterocycles. The van der Waals surface area contributed by atoms with Crippen LogP contribution in [-0.2, 0) is 9.59 Å². The minimum atomic E-state index is -0.0306. The number of Topliss-reactive ketones (excluding diaryl/α,β-unsaturated/α-hetero) is 2. The van der Waals surface area contributed by atoms with Gasteiger partial charge in [-0.3, -0.25) is 9.59 Å². The van der Waals surface area contributed by atoms with Crippen molar-refractivity contribution in [3.05, 3.63) is 24.3 Å². The SMILES string of the molecule is CC(=O)COc1ccc(OCC(C)=O)cc1. The number of carbonyl (C=O) groups is 2. The predicted molar refractivity (Wildman–Crippen MR) is 58.8 cm³/mol. The van der Waals surface area contributed by atoms with Crippen molar-refractivity contribution in [1.82, 2.24) is 0 Å². The van der Waals surface area contributed by atoms with Gasteiger partial charge in [-0.25, -0.2) is 0 Å². The summed E-state index contributed by atoms with van der Waals surface area (Å²) in [6.07, 6.45) is 0. The predicted octanol–water partition coefficient (Wildman–Crippen LogP) is 1.62. The largest absolute Gasteiger partial charge is 0.486 e. The van der Waals surface area contributed by atoms with Crippen LogP contribution in [0.3, 0.4) is 0 Å². The molecular formula is C12H14O4. The molecule has 0 amide bonds. The number of hydrogen-bond acceptors (Lipinski definition) is 4. The second-order valence-electron chi connectivity index (χ2n) is 3.45. The summed E-state index contributed by atoms with van der Waals surface area (Å²) in [6.45, 7) is 3.05. The highest BCUT2D eigenvalue weighted by atomic mass is 16.5. The molecule has 0 aliphatic rings. The van der Waals surface area contributed by atoms with Gasteiger partial charge in [0.15, 0.2) is 11.6 Å². The highest BCUT2D eigenvalue weighted by molar-refractivity contribution is 5.77. The lowest BCUT2D eigenvalue weighted by molar-refractivity contribution is -0.119. The van der Waals surface area contributed by atoms with E-state index in [1.807, 2.05) is 0 Å². The zero-order valence-corrected chi connectivity index (χ0v) is 9.36. The first-order chi connectivity index (χ1) is 7.58. The van der Waals surface area contributed by atoms with Crippen molar-refractivity contribution in [3.8, 4) is 11.5 Å². The van der Waals surface area contributed by atoms with E-state index in [4.69, 9.17) is 9.47 Å². The number of hydrogen-bond donors (Lipinski definition) is 0. The fourth-order valence-corrected chi connectivity index (χ4v) is 1.00. The standard InChI is InChI=1S/C12H14O4/c1-9(13)7-15-11-3-5-12(6-4-11)16-8-10(2)14/h3-6H,7-8H2,1-2H3. The van der Waals surface area contributed by atoms with Crippen molar-refractivity contribution >= 4 is 11.6 Å².